The molecule has 0 saturated heterocycles. The lowest BCUT2D eigenvalue weighted by Crippen LogP contribution is -2.23. The fourth-order valence-corrected chi connectivity index (χ4v) is 2.26. The van der Waals surface area contributed by atoms with Crippen LogP contribution >= 0.6 is 0 Å². The van der Waals surface area contributed by atoms with Crippen molar-refractivity contribution in [1.29, 1.82) is 0 Å². The Hall–Kier alpha value is -1.32. The van der Waals surface area contributed by atoms with E-state index in [1.165, 1.54) is 13.2 Å². The largest absolute Gasteiger partial charge is 0.469 e. The molecule has 0 atom stereocenters. The van der Waals surface area contributed by atoms with Gasteiger partial charge in [-0.2, -0.15) is 0 Å². The van der Waals surface area contributed by atoms with E-state index in [4.69, 9.17) is 9.47 Å². The summed E-state index contributed by atoms with van der Waals surface area (Å²) in [4.78, 5) is 22.9. The zero-order chi connectivity index (χ0) is 14.5. The first-order valence-corrected chi connectivity index (χ1v) is 6.81. The molecule has 1 aliphatic rings. The van der Waals surface area contributed by atoms with E-state index in [2.05, 4.69) is 0 Å². The maximum atomic E-state index is 11.5. The van der Waals surface area contributed by atoms with Gasteiger partial charge in [0.2, 0.25) is 0 Å². The van der Waals surface area contributed by atoms with E-state index in [-0.39, 0.29) is 17.9 Å². The average Bonchev–Trinajstić information content (AvgIpc) is 2.34. The molecule has 0 aromatic heterocycles. The van der Waals surface area contributed by atoms with E-state index >= 15 is 0 Å². The molecule has 0 aromatic rings. The molecule has 0 spiro atoms. The standard InChI is InChI=1S/C15H24O4/c1-15(2,3)19-13(16)10-7-11-5-8-12(9-6-11)14(17)18-4/h7,10-12H,5-6,8-9H2,1-4H3/b10-7+. The van der Waals surface area contributed by atoms with Gasteiger partial charge in [-0.25, -0.2) is 4.79 Å². The lowest BCUT2D eigenvalue weighted by Gasteiger charge is -2.24. The monoisotopic (exact) mass is 268 g/mol. The van der Waals surface area contributed by atoms with Gasteiger partial charge in [0.1, 0.15) is 5.60 Å². The van der Waals surface area contributed by atoms with Crippen molar-refractivity contribution in [3.63, 3.8) is 0 Å². The van der Waals surface area contributed by atoms with Gasteiger partial charge in [-0.05, 0) is 52.4 Å². The Morgan fingerprint density at radius 2 is 1.68 bits per heavy atom. The molecule has 0 unspecified atom stereocenters. The van der Waals surface area contributed by atoms with Crippen molar-refractivity contribution in [1.82, 2.24) is 0 Å². The van der Waals surface area contributed by atoms with Crippen LogP contribution in [0.1, 0.15) is 46.5 Å². The van der Waals surface area contributed by atoms with Gasteiger partial charge in [-0.3, -0.25) is 4.79 Å². The lowest BCUT2D eigenvalue weighted by atomic mass is 9.82. The molecular formula is C15H24O4. The predicted molar refractivity (Wildman–Crippen MR) is 72.4 cm³/mol. The zero-order valence-electron chi connectivity index (χ0n) is 12.3. The van der Waals surface area contributed by atoms with Crippen molar-refractivity contribution in [2.45, 2.75) is 52.1 Å². The molecule has 0 amide bonds. The zero-order valence-corrected chi connectivity index (χ0v) is 12.3. The molecule has 0 radical (unpaired) electrons. The van der Waals surface area contributed by atoms with Gasteiger partial charge in [0.05, 0.1) is 13.0 Å². The molecule has 4 nitrogen and oxygen atoms in total. The molecule has 0 N–H and O–H groups in total. The molecule has 0 bridgehead atoms. The summed E-state index contributed by atoms with van der Waals surface area (Å²) in [6, 6.07) is 0. The Morgan fingerprint density at radius 3 is 2.16 bits per heavy atom. The summed E-state index contributed by atoms with van der Waals surface area (Å²) in [5, 5.41) is 0. The number of ether oxygens (including phenoxy) is 2. The van der Waals surface area contributed by atoms with Gasteiger partial charge in [0.25, 0.3) is 0 Å². The van der Waals surface area contributed by atoms with Crippen molar-refractivity contribution in [3.8, 4) is 0 Å². The van der Waals surface area contributed by atoms with Crippen LogP contribution in [0.5, 0.6) is 0 Å². The lowest BCUT2D eigenvalue weighted by molar-refractivity contribution is -0.149. The maximum Gasteiger partial charge on any atom is 0.330 e. The van der Waals surface area contributed by atoms with Gasteiger partial charge in [-0.15, -0.1) is 0 Å². The van der Waals surface area contributed by atoms with Crippen molar-refractivity contribution in [3.05, 3.63) is 12.2 Å². The highest BCUT2D eigenvalue weighted by atomic mass is 16.6. The van der Waals surface area contributed by atoms with Crippen LogP contribution in [0.4, 0.5) is 0 Å². The summed E-state index contributed by atoms with van der Waals surface area (Å²) in [6.45, 7) is 5.54. The van der Waals surface area contributed by atoms with E-state index in [1.807, 2.05) is 26.8 Å². The first-order chi connectivity index (χ1) is 8.81. The molecule has 0 heterocycles. The SMILES string of the molecule is COC(=O)C1CCC(/C=C/C(=O)OC(C)(C)C)CC1. The molecule has 108 valence electrons. The summed E-state index contributed by atoms with van der Waals surface area (Å²) < 4.78 is 9.95. The second-order valence-corrected chi connectivity index (χ2v) is 6.03. The van der Waals surface area contributed by atoms with Crippen LogP contribution < -0.4 is 0 Å². The minimum Gasteiger partial charge on any atom is -0.469 e. The Morgan fingerprint density at radius 1 is 1.11 bits per heavy atom. The molecule has 1 aliphatic carbocycles. The van der Waals surface area contributed by atoms with Crippen LogP contribution in [0.2, 0.25) is 0 Å². The maximum absolute atomic E-state index is 11.5. The molecule has 1 saturated carbocycles. The third-order valence-electron chi connectivity index (χ3n) is 3.22. The predicted octanol–water partition coefficient (Wildman–Crippen LogP) is 2.86. The minimum atomic E-state index is -0.454. The average molecular weight is 268 g/mol. The molecule has 1 rings (SSSR count). The normalized spacial score (nSPS) is 24.2. The van der Waals surface area contributed by atoms with Crippen LogP contribution in [0, 0.1) is 11.8 Å². The molecule has 1 fully saturated rings. The van der Waals surface area contributed by atoms with Crippen LogP contribution in [0.15, 0.2) is 12.2 Å². The van der Waals surface area contributed by atoms with Gasteiger partial charge < -0.3 is 9.47 Å². The Bertz CT molecular complexity index is 344. The van der Waals surface area contributed by atoms with Gasteiger partial charge in [0, 0.05) is 6.08 Å². The number of methoxy groups -OCH3 is 1. The summed E-state index contributed by atoms with van der Waals surface area (Å²) in [5.74, 6) is -0.0400. The van der Waals surface area contributed by atoms with Gasteiger partial charge >= 0.3 is 11.9 Å². The quantitative estimate of drug-likeness (QED) is 0.583. The summed E-state index contributed by atoms with van der Waals surface area (Å²) in [7, 11) is 1.43. The summed E-state index contributed by atoms with van der Waals surface area (Å²) >= 11 is 0. The van der Waals surface area contributed by atoms with Crippen LogP contribution in [-0.4, -0.2) is 24.6 Å². The fraction of sp³-hybridized carbons (Fsp3) is 0.733. The number of allylic oxidation sites excluding steroid dienone is 1. The fourth-order valence-electron chi connectivity index (χ4n) is 2.26. The number of carbonyl (C=O) groups excluding carboxylic acids is 2. The Kier molecular flexibility index (Phi) is 5.58. The minimum absolute atomic E-state index is 0.0242. The second-order valence-electron chi connectivity index (χ2n) is 6.03. The van der Waals surface area contributed by atoms with E-state index < -0.39 is 5.60 Å². The van der Waals surface area contributed by atoms with Gasteiger partial charge in [-0.1, -0.05) is 6.08 Å². The first kappa shape index (κ1) is 15.7. The van der Waals surface area contributed by atoms with E-state index in [1.54, 1.807) is 0 Å². The van der Waals surface area contributed by atoms with E-state index in [0.29, 0.717) is 5.92 Å². The summed E-state index contributed by atoms with van der Waals surface area (Å²) in [6.07, 6.45) is 6.90. The Labute approximate surface area is 115 Å². The second kappa shape index (κ2) is 6.73. The molecule has 0 aromatic carbocycles. The number of rotatable bonds is 3. The molecule has 19 heavy (non-hydrogen) atoms. The number of hydrogen-bond acceptors (Lipinski definition) is 4. The number of carbonyl (C=O) groups is 2. The van der Waals surface area contributed by atoms with Crippen molar-refractivity contribution in [2.24, 2.45) is 11.8 Å². The molecule has 0 aliphatic heterocycles. The topological polar surface area (TPSA) is 52.6 Å². The van der Waals surface area contributed by atoms with Crippen molar-refractivity contribution < 1.29 is 19.1 Å². The van der Waals surface area contributed by atoms with Crippen LogP contribution in [0.3, 0.4) is 0 Å². The number of esters is 2. The molecular weight excluding hydrogens is 244 g/mol. The first-order valence-electron chi connectivity index (χ1n) is 6.81. The van der Waals surface area contributed by atoms with Gasteiger partial charge in [0.15, 0.2) is 0 Å². The number of hydrogen-bond donors (Lipinski definition) is 0. The van der Waals surface area contributed by atoms with E-state index in [0.717, 1.165) is 25.7 Å². The van der Waals surface area contributed by atoms with E-state index in [9.17, 15) is 9.59 Å². The highest BCUT2D eigenvalue weighted by molar-refractivity contribution is 5.82. The van der Waals surface area contributed by atoms with Crippen LogP contribution in [-0.2, 0) is 19.1 Å². The van der Waals surface area contributed by atoms with Crippen molar-refractivity contribution >= 4 is 11.9 Å². The third-order valence-corrected chi connectivity index (χ3v) is 3.22. The highest BCUT2D eigenvalue weighted by Crippen LogP contribution is 2.30. The van der Waals surface area contributed by atoms with Crippen molar-refractivity contribution in [2.75, 3.05) is 7.11 Å². The van der Waals surface area contributed by atoms with Crippen LogP contribution in [0.25, 0.3) is 0 Å². The molecule has 4 heteroatoms. The Balaban J connectivity index is 2.36. The highest BCUT2D eigenvalue weighted by Gasteiger charge is 2.25. The smallest absolute Gasteiger partial charge is 0.330 e. The third kappa shape index (κ3) is 5.90. The summed E-state index contributed by atoms with van der Waals surface area (Å²) in [5.41, 5.74) is -0.454.